The van der Waals surface area contributed by atoms with Crippen LogP contribution in [0, 0.1) is 0 Å². The van der Waals surface area contributed by atoms with Gasteiger partial charge in [-0.15, -0.1) is 23.1 Å². The van der Waals surface area contributed by atoms with Crippen molar-refractivity contribution in [2.75, 3.05) is 17.7 Å². The van der Waals surface area contributed by atoms with Gasteiger partial charge in [-0.3, -0.25) is 9.69 Å². The molecule has 1 amide bonds. The Morgan fingerprint density at radius 1 is 1.27 bits per heavy atom. The lowest BCUT2D eigenvalue weighted by atomic mass is 10.2. The summed E-state index contributed by atoms with van der Waals surface area (Å²) in [4.78, 5) is 21.3. The van der Waals surface area contributed by atoms with Crippen molar-refractivity contribution in [2.24, 2.45) is 0 Å². The lowest BCUT2D eigenvalue weighted by molar-refractivity contribution is -0.121. The number of aromatic nitrogens is 1. The molecule has 1 unspecified atom stereocenters. The van der Waals surface area contributed by atoms with Crippen LogP contribution in [0.2, 0.25) is 0 Å². The number of nitrogens with zero attached hydrogens (tertiary/aromatic N) is 3. The fourth-order valence-corrected chi connectivity index (χ4v) is 8.37. The molecule has 1 aromatic carbocycles. The molecule has 33 heavy (non-hydrogen) atoms. The Morgan fingerprint density at radius 2 is 2.15 bits per heavy atom. The van der Waals surface area contributed by atoms with Gasteiger partial charge in [0.1, 0.15) is 16.0 Å². The van der Waals surface area contributed by atoms with Crippen LogP contribution in [0.25, 0.3) is 10.2 Å². The van der Waals surface area contributed by atoms with Crippen LogP contribution in [0.3, 0.4) is 0 Å². The van der Waals surface area contributed by atoms with Gasteiger partial charge < -0.3 is 4.42 Å². The van der Waals surface area contributed by atoms with Crippen LogP contribution in [0.15, 0.2) is 67.6 Å². The average molecular weight is 520 g/mol. The molecule has 4 heterocycles. The largest absolute Gasteiger partial charge is 0.467 e. The number of sulfonamides is 1. The van der Waals surface area contributed by atoms with Gasteiger partial charge in [-0.25, -0.2) is 13.4 Å². The molecule has 0 radical (unpaired) electrons. The quantitative estimate of drug-likeness (QED) is 0.318. The summed E-state index contributed by atoms with van der Waals surface area (Å²) in [5, 5.41) is 2.27. The molecule has 1 aliphatic heterocycles. The number of rotatable bonds is 7. The maximum atomic E-state index is 13.9. The van der Waals surface area contributed by atoms with E-state index in [1.165, 1.54) is 15.6 Å². The highest BCUT2D eigenvalue weighted by Gasteiger charge is 2.42. The average Bonchev–Trinajstić information content (AvgIpc) is 3.63. The number of carbonyl (C=O) groups is 1. The van der Waals surface area contributed by atoms with Gasteiger partial charge in [-0.2, -0.15) is 4.31 Å². The molecule has 1 atom stereocenters. The molecular formula is C22H21N3O4S4. The van der Waals surface area contributed by atoms with Crippen LogP contribution in [0.1, 0.15) is 18.6 Å². The minimum atomic E-state index is -3.74. The van der Waals surface area contributed by atoms with Crippen molar-refractivity contribution in [1.82, 2.24) is 9.29 Å². The van der Waals surface area contributed by atoms with E-state index in [-0.39, 0.29) is 16.7 Å². The minimum Gasteiger partial charge on any atom is -0.467 e. The molecule has 172 valence electrons. The van der Waals surface area contributed by atoms with Crippen LogP contribution >= 0.6 is 34.4 Å². The summed E-state index contributed by atoms with van der Waals surface area (Å²) < 4.78 is 34.6. The number of thiophene rings is 1. The fourth-order valence-electron chi connectivity index (χ4n) is 3.97. The first kappa shape index (κ1) is 22.6. The number of thioether (sulfide) groups is 1. The van der Waals surface area contributed by atoms with Crippen LogP contribution in [-0.4, -0.2) is 42.5 Å². The molecule has 5 rings (SSSR count). The zero-order valence-corrected chi connectivity index (χ0v) is 21.0. The molecule has 0 bridgehead atoms. The van der Waals surface area contributed by atoms with Crippen LogP contribution in [-0.2, 0) is 21.4 Å². The fraction of sp³-hybridized carbons (Fsp3) is 0.273. The zero-order chi connectivity index (χ0) is 23.0. The first-order valence-electron chi connectivity index (χ1n) is 10.3. The number of benzene rings is 1. The number of furan rings is 1. The Hall–Kier alpha value is -2.18. The molecule has 0 saturated carbocycles. The van der Waals surface area contributed by atoms with E-state index in [1.54, 1.807) is 52.6 Å². The lowest BCUT2D eigenvalue weighted by Crippen LogP contribution is -2.47. The molecule has 1 saturated heterocycles. The topological polar surface area (TPSA) is 83.7 Å². The zero-order valence-electron chi connectivity index (χ0n) is 17.7. The van der Waals surface area contributed by atoms with E-state index in [0.717, 1.165) is 26.4 Å². The number of hydrogen-bond acceptors (Lipinski definition) is 8. The summed E-state index contributed by atoms with van der Waals surface area (Å²) in [6.45, 7) is 0.505. The minimum absolute atomic E-state index is 0.184. The second-order valence-corrected chi connectivity index (χ2v) is 12.4. The van der Waals surface area contributed by atoms with Crippen molar-refractivity contribution >= 4 is 65.7 Å². The molecule has 0 aliphatic carbocycles. The third-order valence-corrected chi connectivity index (χ3v) is 10.6. The monoisotopic (exact) mass is 519 g/mol. The molecule has 3 aromatic heterocycles. The smallest absolute Gasteiger partial charge is 0.253 e. The number of amides is 1. The van der Waals surface area contributed by atoms with Crippen molar-refractivity contribution in [3.8, 4) is 0 Å². The van der Waals surface area contributed by atoms with Gasteiger partial charge in [-0.1, -0.05) is 23.5 Å². The first-order chi connectivity index (χ1) is 16.0. The van der Waals surface area contributed by atoms with Gasteiger partial charge in [0.2, 0.25) is 5.91 Å². The second-order valence-electron chi connectivity index (χ2n) is 7.51. The highest BCUT2D eigenvalue weighted by molar-refractivity contribution is 7.98. The highest BCUT2D eigenvalue weighted by atomic mass is 32.2. The Morgan fingerprint density at radius 3 is 2.88 bits per heavy atom. The maximum absolute atomic E-state index is 13.9. The van der Waals surface area contributed by atoms with Crippen LogP contribution in [0.4, 0.5) is 5.13 Å². The van der Waals surface area contributed by atoms with E-state index in [9.17, 15) is 13.2 Å². The van der Waals surface area contributed by atoms with E-state index in [2.05, 4.69) is 0 Å². The van der Waals surface area contributed by atoms with Gasteiger partial charge in [0.05, 0.1) is 23.0 Å². The Kier molecular flexibility index (Phi) is 6.32. The van der Waals surface area contributed by atoms with Gasteiger partial charge in [0.25, 0.3) is 10.0 Å². The molecule has 11 heteroatoms. The SMILES string of the molecule is CSc1cccc2sc(N(Cc3ccco3)C(=O)C3CCCN3S(=O)(=O)c3cccs3)nc12. The van der Waals surface area contributed by atoms with Gasteiger partial charge >= 0.3 is 0 Å². The summed E-state index contributed by atoms with van der Waals surface area (Å²) in [5.41, 5.74) is 0.844. The van der Waals surface area contributed by atoms with Gasteiger partial charge in [-0.05, 0) is 54.8 Å². The molecule has 1 fully saturated rings. The number of hydrogen-bond donors (Lipinski definition) is 0. The molecular weight excluding hydrogens is 499 g/mol. The Balaban J connectivity index is 1.53. The molecule has 0 spiro atoms. The molecule has 7 nitrogen and oxygen atoms in total. The predicted molar refractivity (Wildman–Crippen MR) is 133 cm³/mol. The summed E-state index contributed by atoms with van der Waals surface area (Å²) in [6, 6.07) is 12.0. The Bertz CT molecular complexity index is 1360. The van der Waals surface area contributed by atoms with Crippen molar-refractivity contribution in [3.05, 3.63) is 59.9 Å². The number of para-hydroxylation sites is 1. The summed E-state index contributed by atoms with van der Waals surface area (Å²) in [7, 11) is -3.74. The normalized spacial score (nSPS) is 17.1. The second kappa shape index (κ2) is 9.22. The molecule has 0 N–H and O–H groups in total. The molecule has 4 aromatic rings. The number of fused-ring (bicyclic) bond motifs is 1. The number of thiazole rings is 1. The third kappa shape index (κ3) is 4.24. The van der Waals surface area contributed by atoms with E-state index in [4.69, 9.17) is 9.40 Å². The van der Waals surface area contributed by atoms with Gasteiger partial charge in [0.15, 0.2) is 5.13 Å². The van der Waals surface area contributed by atoms with Crippen molar-refractivity contribution in [3.63, 3.8) is 0 Å². The number of anilines is 1. The highest BCUT2D eigenvalue weighted by Crippen LogP contribution is 2.36. The van der Waals surface area contributed by atoms with E-state index in [0.29, 0.717) is 30.3 Å². The van der Waals surface area contributed by atoms with Crippen molar-refractivity contribution < 1.29 is 17.6 Å². The summed E-state index contributed by atoms with van der Waals surface area (Å²) in [5.74, 6) is 0.326. The van der Waals surface area contributed by atoms with Gasteiger partial charge in [0, 0.05) is 11.4 Å². The third-order valence-electron chi connectivity index (χ3n) is 5.53. The first-order valence-corrected chi connectivity index (χ1v) is 14.7. The Labute approximate surface area is 204 Å². The van der Waals surface area contributed by atoms with Crippen LogP contribution < -0.4 is 4.90 Å². The lowest BCUT2D eigenvalue weighted by Gasteiger charge is -2.27. The van der Waals surface area contributed by atoms with E-state index in [1.807, 2.05) is 24.5 Å². The van der Waals surface area contributed by atoms with E-state index < -0.39 is 16.1 Å². The predicted octanol–water partition coefficient (Wildman–Crippen LogP) is 5.06. The maximum Gasteiger partial charge on any atom is 0.253 e. The van der Waals surface area contributed by atoms with Crippen molar-refractivity contribution in [1.29, 1.82) is 0 Å². The summed E-state index contributed by atoms with van der Waals surface area (Å²) >= 11 is 4.19. The number of carbonyl (C=O) groups excluding carboxylic acids is 1. The van der Waals surface area contributed by atoms with Crippen molar-refractivity contribution in [2.45, 2.75) is 34.5 Å². The standard InChI is InChI=1S/C22H21N3O4S4/c1-30-17-8-2-9-18-20(17)23-22(32-18)24(14-15-6-4-12-29-15)21(26)16-7-3-11-25(16)33(27,28)19-10-5-13-31-19/h2,4-6,8-10,12-13,16H,3,7,11,14H2,1H3. The molecule has 1 aliphatic rings. The van der Waals surface area contributed by atoms with E-state index >= 15 is 0 Å². The van der Waals surface area contributed by atoms with Crippen LogP contribution in [0.5, 0.6) is 0 Å². The summed E-state index contributed by atoms with van der Waals surface area (Å²) in [6.07, 6.45) is 4.65.